The summed E-state index contributed by atoms with van der Waals surface area (Å²) >= 11 is 0. The number of nitrogens with one attached hydrogen (secondary N) is 2. The molecule has 2 N–H and O–H groups in total. The molecule has 0 aromatic heterocycles. The number of hydrogen-bond acceptors (Lipinski definition) is 4. The highest BCUT2D eigenvalue weighted by atomic mass is 32.2. The molecule has 0 saturated heterocycles. The Bertz CT molecular complexity index is 1090. The second-order valence-electron chi connectivity index (χ2n) is 8.69. The highest BCUT2D eigenvalue weighted by Crippen LogP contribution is 2.28. The van der Waals surface area contributed by atoms with Crippen LogP contribution in [-0.2, 0) is 20.2 Å². The van der Waals surface area contributed by atoms with Crippen molar-refractivity contribution in [3.63, 3.8) is 0 Å². The Morgan fingerprint density at radius 3 is 2.31 bits per heavy atom. The zero-order chi connectivity index (χ0) is 24.1. The van der Waals surface area contributed by atoms with E-state index < -0.39 is 10.0 Å². The number of likely N-dealkylation sites (N-methyl/N-ethyl adjacent to an activating group) is 2. The first kappa shape index (κ1) is 25.4. The number of anilines is 1. The van der Waals surface area contributed by atoms with Crippen LogP contribution in [0, 0.1) is 6.92 Å². The summed E-state index contributed by atoms with van der Waals surface area (Å²) < 4.78 is 28.9. The molecule has 0 bridgehead atoms. The average Bonchev–Trinajstić information content (AvgIpc) is 2.71. The molecule has 8 heteroatoms. The van der Waals surface area contributed by atoms with E-state index in [0.717, 1.165) is 5.56 Å². The van der Waals surface area contributed by atoms with Gasteiger partial charge in [0.15, 0.2) is 0 Å². The second kappa shape index (κ2) is 10.2. The number of nitrogens with zero attached hydrogens (tertiary/aromatic N) is 1. The summed E-state index contributed by atoms with van der Waals surface area (Å²) in [6.45, 7) is 12.2. The first-order chi connectivity index (χ1) is 14.9. The van der Waals surface area contributed by atoms with Gasteiger partial charge in [0, 0.05) is 24.3 Å². The topological polar surface area (TPSA) is 95.6 Å². The third-order valence-corrected chi connectivity index (χ3v) is 6.61. The fraction of sp³-hybridized carbons (Fsp3) is 0.417. The van der Waals surface area contributed by atoms with Crippen LogP contribution in [0.5, 0.6) is 0 Å². The molecule has 2 amide bonds. The van der Waals surface area contributed by atoms with Crippen LogP contribution in [0.4, 0.5) is 5.69 Å². The Hall–Kier alpha value is -2.87. The molecule has 2 aromatic rings. The van der Waals surface area contributed by atoms with Crippen LogP contribution >= 0.6 is 0 Å². The highest BCUT2D eigenvalue weighted by Gasteiger charge is 2.23. The van der Waals surface area contributed by atoms with Gasteiger partial charge in [-0.2, -0.15) is 0 Å². The maximum Gasteiger partial charge on any atom is 0.262 e. The predicted octanol–water partition coefficient (Wildman–Crippen LogP) is 3.69. The van der Waals surface area contributed by atoms with Crippen LogP contribution in [-0.4, -0.2) is 44.8 Å². The lowest BCUT2D eigenvalue weighted by Gasteiger charge is -2.21. The molecule has 7 nitrogen and oxygen atoms in total. The second-order valence-corrected chi connectivity index (χ2v) is 10.3. The zero-order valence-corrected chi connectivity index (χ0v) is 20.5. The van der Waals surface area contributed by atoms with Crippen molar-refractivity contribution in [1.82, 2.24) is 10.2 Å². The molecule has 32 heavy (non-hydrogen) atoms. The summed E-state index contributed by atoms with van der Waals surface area (Å²) in [5.74, 6) is -0.584. The maximum atomic E-state index is 13.1. The van der Waals surface area contributed by atoms with Gasteiger partial charge in [0.2, 0.25) is 5.91 Å². The average molecular weight is 460 g/mol. The zero-order valence-electron chi connectivity index (χ0n) is 19.7. The Morgan fingerprint density at radius 2 is 1.72 bits per heavy atom. The molecule has 0 unspecified atom stereocenters. The Labute approximate surface area is 191 Å². The van der Waals surface area contributed by atoms with Crippen LogP contribution in [0.2, 0.25) is 0 Å². The number of aryl methyl sites for hydroxylation is 1. The number of amides is 2. The van der Waals surface area contributed by atoms with Gasteiger partial charge >= 0.3 is 0 Å². The molecule has 0 spiro atoms. The molecule has 0 atom stereocenters. The summed E-state index contributed by atoms with van der Waals surface area (Å²) in [6.07, 6.45) is 0. The fourth-order valence-corrected chi connectivity index (χ4v) is 4.54. The van der Waals surface area contributed by atoms with Crippen LogP contribution in [0.1, 0.15) is 56.1 Å². The van der Waals surface area contributed by atoms with Crippen LogP contribution in [0.3, 0.4) is 0 Å². The number of hydrogen-bond donors (Lipinski definition) is 2. The molecule has 0 radical (unpaired) electrons. The number of benzene rings is 2. The van der Waals surface area contributed by atoms with Crippen LogP contribution in [0.15, 0.2) is 47.4 Å². The van der Waals surface area contributed by atoms with Gasteiger partial charge in [-0.3, -0.25) is 14.3 Å². The third kappa shape index (κ3) is 6.32. The minimum absolute atomic E-state index is 0.0576. The van der Waals surface area contributed by atoms with Gasteiger partial charge in [0.25, 0.3) is 15.9 Å². The van der Waals surface area contributed by atoms with E-state index in [1.807, 2.05) is 33.8 Å². The van der Waals surface area contributed by atoms with E-state index in [-0.39, 0.29) is 34.4 Å². The lowest BCUT2D eigenvalue weighted by molar-refractivity contribution is -0.121. The van der Waals surface area contributed by atoms with Gasteiger partial charge in [-0.1, -0.05) is 39.0 Å². The van der Waals surface area contributed by atoms with Gasteiger partial charge in [-0.15, -0.1) is 0 Å². The van der Waals surface area contributed by atoms with Crippen molar-refractivity contribution in [3.05, 3.63) is 59.2 Å². The van der Waals surface area contributed by atoms with E-state index >= 15 is 0 Å². The van der Waals surface area contributed by atoms with Crippen molar-refractivity contribution in [2.75, 3.05) is 24.4 Å². The molecule has 0 aliphatic carbocycles. The molecule has 174 valence electrons. The fourth-order valence-electron chi connectivity index (χ4n) is 3.22. The molecule has 0 heterocycles. The molecule has 2 aromatic carbocycles. The molecule has 0 fully saturated rings. The Morgan fingerprint density at radius 1 is 1.03 bits per heavy atom. The smallest absolute Gasteiger partial charge is 0.262 e. The van der Waals surface area contributed by atoms with E-state index in [2.05, 4.69) is 10.0 Å². The number of carbonyl (C=O) groups is 2. The number of sulfonamides is 1. The Kier molecular flexibility index (Phi) is 8.07. The lowest BCUT2D eigenvalue weighted by Crippen LogP contribution is -2.40. The standard InChI is InChI=1S/C24H33N3O4S/c1-7-25-22(28)16-27(8-2)23(29)18-10-9-11-20(14-18)26-32(30,31)21-15-19(24(4,5)6)13-12-17(21)3/h9-15,26H,7-8,16H2,1-6H3,(H,25,28). The summed E-state index contributed by atoms with van der Waals surface area (Å²) in [6, 6.07) is 11.7. The molecular weight excluding hydrogens is 426 g/mol. The van der Waals surface area contributed by atoms with E-state index in [9.17, 15) is 18.0 Å². The van der Waals surface area contributed by atoms with E-state index in [1.54, 1.807) is 44.2 Å². The van der Waals surface area contributed by atoms with Gasteiger partial charge in [-0.05, 0) is 61.6 Å². The van der Waals surface area contributed by atoms with E-state index in [1.165, 1.54) is 11.0 Å². The molecule has 0 aliphatic heterocycles. The van der Waals surface area contributed by atoms with Crippen molar-refractivity contribution >= 4 is 27.5 Å². The summed E-state index contributed by atoms with van der Waals surface area (Å²) in [7, 11) is -3.86. The normalized spacial score (nSPS) is 11.7. The maximum absolute atomic E-state index is 13.1. The first-order valence-electron chi connectivity index (χ1n) is 10.7. The van der Waals surface area contributed by atoms with Gasteiger partial charge in [0.05, 0.1) is 11.4 Å². The van der Waals surface area contributed by atoms with Crippen LogP contribution in [0.25, 0.3) is 0 Å². The highest BCUT2D eigenvalue weighted by molar-refractivity contribution is 7.92. The number of rotatable bonds is 8. The third-order valence-electron chi connectivity index (χ3n) is 5.08. The first-order valence-corrected chi connectivity index (χ1v) is 12.2. The SMILES string of the molecule is CCNC(=O)CN(CC)C(=O)c1cccc(NS(=O)(=O)c2cc(C(C)(C)C)ccc2C)c1. The van der Waals surface area contributed by atoms with Crippen molar-refractivity contribution in [3.8, 4) is 0 Å². The molecule has 2 rings (SSSR count). The van der Waals surface area contributed by atoms with E-state index in [4.69, 9.17) is 0 Å². The monoisotopic (exact) mass is 459 g/mol. The Balaban J connectivity index is 2.31. The van der Waals surface area contributed by atoms with Gasteiger partial charge in [-0.25, -0.2) is 8.42 Å². The largest absolute Gasteiger partial charge is 0.355 e. The van der Waals surface area contributed by atoms with Crippen molar-refractivity contribution in [1.29, 1.82) is 0 Å². The van der Waals surface area contributed by atoms with Crippen LogP contribution < -0.4 is 10.0 Å². The minimum Gasteiger partial charge on any atom is -0.355 e. The summed E-state index contributed by atoms with van der Waals surface area (Å²) in [5, 5.41) is 2.67. The van der Waals surface area contributed by atoms with E-state index in [0.29, 0.717) is 24.2 Å². The quantitative estimate of drug-likeness (QED) is 0.629. The molecule has 0 saturated carbocycles. The van der Waals surface area contributed by atoms with Gasteiger partial charge < -0.3 is 10.2 Å². The van der Waals surface area contributed by atoms with Gasteiger partial charge in [0.1, 0.15) is 0 Å². The molecular formula is C24H33N3O4S. The lowest BCUT2D eigenvalue weighted by atomic mass is 9.87. The molecule has 0 aliphatic rings. The summed E-state index contributed by atoms with van der Waals surface area (Å²) in [4.78, 5) is 26.4. The van der Waals surface area contributed by atoms with Crippen molar-refractivity contribution in [2.45, 2.75) is 51.9 Å². The van der Waals surface area contributed by atoms with Crippen molar-refractivity contribution in [2.24, 2.45) is 0 Å². The number of carbonyl (C=O) groups excluding carboxylic acids is 2. The van der Waals surface area contributed by atoms with Crippen molar-refractivity contribution < 1.29 is 18.0 Å². The summed E-state index contributed by atoms with van der Waals surface area (Å²) in [5.41, 5.74) is 1.94. The predicted molar refractivity (Wildman–Crippen MR) is 127 cm³/mol. The minimum atomic E-state index is -3.86.